The van der Waals surface area contributed by atoms with Crippen LogP contribution in [-0.4, -0.2) is 0 Å². The summed E-state index contributed by atoms with van der Waals surface area (Å²) in [6.45, 7) is 5.11. The molecule has 0 radical (unpaired) electrons. The first kappa shape index (κ1) is 19.8. The highest BCUT2D eigenvalue weighted by Crippen LogP contribution is 2.39. The minimum atomic E-state index is -4.90. The van der Waals surface area contributed by atoms with E-state index in [1.807, 2.05) is 0 Å². The van der Waals surface area contributed by atoms with Crippen molar-refractivity contribution in [2.24, 2.45) is 5.73 Å². The quantitative estimate of drug-likeness (QED) is 0.603. The third-order valence-electron chi connectivity index (χ3n) is 2.65. The molecule has 1 aromatic carbocycles. The van der Waals surface area contributed by atoms with E-state index >= 15 is 0 Å². The Morgan fingerprint density at radius 1 is 1.14 bits per heavy atom. The van der Waals surface area contributed by atoms with Gasteiger partial charge >= 0.3 is 12.4 Å². The fourth-order valence-electron chi connectivity index (χ4n) is 1.79. The number of rotatable bonds is 3. The fraction of sp³-hybridized carbons (Fsp3) is 0.385. The summed E-state index contributed by atoms with van der Waals surface area (Å²) in [5.74, 6) is 0. The maximum absolute atomic E-state index is 12.9. The summed E-state index contributed by atoms with van der Waals surface area (Å²) in [5, 5.41) is 0. The van der Waals surface area contributed by atoms with E-state index in [1.54, 1.807) is 6.92 Å². The van der Waals surface area contributed by atoms with Gasteiger partial charge in [-0.1, -0.05) is 11.6 Å². The van der Waals surface area contributed by atoms with Gasteiger partial charge in [-0.3, -0.25) is 0 Å². The largest absolute Gasteiger partial charge is 0.416 e. The van der Waals surface area contributed by atoms with Crippen molar-refractivity contribution in [1.82, 2.24) is 0 Å². The van der Waals surface area contributed by atoms with Crippen LogP contribution in [0.25, 0.3) is 0 Å². The molecule has 2 N–H and O–H groups in total. The molecule has 0 heterocycles. The van der Waals surface area contributed by atoms with E-state index in [0.717, 1.165) is 6.07 Å². The molecule has 21 heavy (non-hydrogen) atoms. The van der Waals surface area contributed by atoms with Crippen LogP contribution < -0.4 is 5.73 Å². The smallest absolute Gasteiger partial charge is 0.324 e. The highest BCUT2D eigenvalue weighted by Gasteiger charge is 2.38. The van der Waals surface area contributed by atoms with Crippen molar-refractivity contribution >= 4 is 12.4 Å². The Morgan fingerprint density at radius 2 is 1.67 bits per heavy atom. The molecule has 0 aliphatic rings. The van der Waals surface area contributed by atoms with E-state index in [4.69, 9.17) is 5.73 Å². The summed E-state index contributed by atoms with van der Waals surface area (Å²) < 4.78 is 76.1. The number of hydrogen-bond acceptors (Lipinski definition) is 1. The molecule has 1 aromatic rings. The van der Waals surface area contributed by atoms with Crippen molar-refractivity contribution in [3.8, 4) is 0 Å². The lowest BCUT2D eigenvalue weighted by molar-refractivity contribution is -0.143. The highest BCUT2D eigenvalue weighted by atomic mass is 35.5. The van der Waals surface area contributed by atoms with Crippen molar-refractivity contribution < 1.29 is 26.3 Å². The van der Waals surface area contributed by atoms with Gasteiger partial charge in [-0.25, -0.2) is 0 Å². The summed E-state index contributed by atoms with van der Waals surface area (Å²) in [7, 11) is 0. The van der Waals surface area contributed by atoms with E-state index in [0.29, 0.717) is 11.6 Å². The van der Waals surface area contributed by atoms with E-state index < -0.39 is 29.5 Å². The molecule has 1 rings (SSSR count). The maximum atomic E-state index is 12.9. The van der Waals surface area contributed by atoms with Gasteiger partial charge in [0.15, 0.2) is 0 Å². The molecule has 0 aliphatic carbocycles. The molecule has 120 valence electrons. The second-order valence-corrected chi connectivity index (χ2v) is 4.57. The lowest BCUT2D eigenvalue weighted by Gasteiger charge is -2.20. The number of hydrogen-bond donors (Lipinski definition) is 1. The first-order valence-corrected chi connectivity index (χ1v) is 5.61. The Labute approximate surface area is 124 Å². The van der Waals surface area contributed by atoms with Gasteiger partial charge in [0.2, 0.25) is 0 Å². The minimum absolute atomic E-state index is 0. The molecule has 0 bridgehead atoms. The Balaban J connectivity index is 0.00000400. The van der Waals surface area contributed by atoms with E-state index in [-0.39, 0.29) is 30.5 Å². The third-order valence-corrected chi connectivity index (χ3v) is 2.65. The van der Waals surface area contributed by atoms with Gasteiger partial charge in [0, 0.05) is 6.04 Å². The topological polar surface area (TPSA) is 26.0 Å². The molecule has 1 nitrogen and oxygen atoms in total. The molecule has 0 aromatic heterocycles. The molecule has 0 saturated heterocycles. The predicted octanol–water partition coefficient (Wildman–Crippen LogP) is 5.11. The van der Waals surface area contributed by atoms with Crippen molar-refractivity contribution in [2.75, 3.05) is 0 Å². The minimum Gasteiger partial charge on any atom is -0.324 e. The van der Waals surface area contributed by atoms with Crippen LogP contribution in [0.4, 0.5) is 26.3 Å². The number of benzene rings is 1. The molecule has 0 aliphatic heterocycles. The molecule has 1 atom stereocenters. The average molecular weight is 334 g/mol. The Kier molecular flexibility index (Phi) is 6.31. The SMILES string of the molecule is C=C(C)C[C@H](N)c1ccc(C(F)(F)F)cc1C(F)(F)F.Cl. The van der Waals surface area contributed by atoms with Crippen LogP contribution in [0.2, 0.25) is 0 Å². The summed E-state index contributed by atoms with van der Waals surface area (Å²) >= 11 is 0. The van der Waals surface area contributed by atoms with Crippen LogP contribution in [0.3, 0.4) is 0 Å². The Bertz CT molecular complexity index is 506. The Hall–Kier alpha value is -1.21. The van der Waals surface area contributed by atoms with Gasteiger partial charge in [-0.2, -0.15) is 26.3 Å². The molecular formula is C13H14ClF6N. The second kappa shape index (κ2) is 6.70. The van der Waals surface area contributed by atoms with Crippen LogP contribution in [0.5, 0.6) is 0 Å². The molecule has 0 fully saturated rings. The van der Waals surface area contributed by atoms with Crippen molar-refractivity contribution in [3.63, 3.8) is 0 Å². The van der Waals surface area contributed by atoms with Gasteiger partial charge in [0.1, 0.15) is 0 Å². The van der Waals surface area contributed by atoms with Crippen LogP contribution >= 0.6 is 12.4 Å². The highest BCUT2D eigenvalue weighted by molar-refractivity contribution is 5.85. The summed E-state index contributed by atoms with van der Waals surface area (Å²) in [6, 6.07) is 0.418. The summed E-state index contributed by atoms with van der Waals surface area (Å²) in [6.07, 6.45) is -9.67. The zero-order chi connectivity index (χ0) is 15.7. The summed E-state index contributed by atoms with van der Waals surface area (Å²) in [4.78, 5) is 0. The van der Waals surface area contributed by atoms with E-state index in [2.05, 4.69) is 6.58 Å². The lowest BCUT2D eigenvalue weighted by atomic mass is 9.94. The summed E-state index contributed by atoms with van der Waals surface area (Å²) in [5.41, 5.74) is 3.08. The van der Waals surface area contributed by atoms with Gasteiger partial charge in [-0.15, -0.1) is 19.0 Å². The molecule has 0 amide bonds. The first-order chi connectivity index (χ1) is 8.93. The molecular weight excluding hydrogens is 320 g/mol. The van der Waals surface area contributed by atoms with Crippen molar-refractivity contribution in [2.45, 2.75) is 31.7 Å². The molecule has 0 saturated carbocycles. The van der Waals surface area contributed by atoms with Gasteiger partial charge in [0.25, 0.3) is 0 Å². The van der Waals surface area contributed by atoms with Gasteiger partial charge in [0.05, 0.1) is 11.1 Å². The zero-order valence-electron chi connectivity index (χ0n) is 11.0. The second-order valence-electron chi connectivity index (χ2n) is 4.57. The third kappa shape index (κ3) is 5.24. The maximum Gasteiger partial charge on any atom is 0.416 e. The van der Waals surface area contributed by atoms with Crippen molar-refractivity contribution in [3.05, 3.63) is 47.0 Å². The van der Waals surface area contributed by atoms with E-state index in [9.17, 15) is 26.3 Å². The van der Waals surface area contributed by atoms with Crippen LogP contribution in [0.1, 0.15) is 36.1 Å². The Morgan fingerprint density at radius 3 is 2.05 bits per heavy atom. The van der Waals surface area contributed by atoms with Crippen LogP contribution in [-0.2, 0) is 12.4 Å². The van der Waals surface area contributed by atoms with Crippen molar-refractivity contribution in [1.29, 1.82) is 0 Å². The lowest BCUT2D eigenvalue weighted by Crippen LogP contribution is -2.19. The number of alkyl halides is 6. The number of halogens is 7. The zero-order valence-corrected chi connectivity index (χ0v) is 11.8. The molecule has 8 heteroatoms. The first-order valence-electron chi connectivity index (χ1n) is 5.61. The molecule has 0 unspecified atom stereocenters. The normalized spacial score (nSPS) is 13.5. The monoisotopic (exact) mass is 333 g/mol. The van der Waals surface area contributed by atoms with Crippen LogP contribution in [0, 0.1) is 0 Å². The fourth-order valence-corrected chi connectivity index (χ4v) is 1.79. The van der Waals surface area contributed by atoms with Crippen LogP contribution in [0.15, 0.2) is 30.4 Å². The standard InChI is InChI=1S/C13H13F6N.ClH/c1-7(2)5-11(20)9-4-3-8(12(14,15)16)6-10(9)13(17,18)19;/h3-4,6,11H,1,5,20H2,2H3;1H/t11-;/m0./s1. The predicted molar refractivity (Wildman–Crippen MR) is 70.1 cm³/mol. The average Bonchev–Trinajstić information content (AvgIpc) is 2.24. The van der Waals surface area contributed by atoms with Gasteiger partial charge < -0.3 is 5.73 Å². The number of nitrogens with two attached hydrogens (primary N) is 1. The molecule has 0 spiro atoms. The van der Waals surface area contributed by atoms with Gasteiger partial charge in [-0.05, 0) is 31.0 Å². The van der Waals surface area contributed by atoms with E-state index in [1.165, 1.54) is 0 Å².